The molecule has 2 aromatic rings. The molecule has 0 unspecified atom stereocenters. The molecule has 1 fully saturated rings. The largest absolute Gasteiger partial charge is 0.372 e. The fourth-order valence-corrected chi connectivity index (χ4v) is 3.34. The molecule has 1 N–H and O–H groups in total. The van der Waals surface area contributed by atoms with Crippen molar-refractivity contribution in [2.45, 2.75) is 20.8 Å². The number of aryl methyl sites for hydroxylation is 1. The van der Waals surface area contributed by atoms with Crippen molar-refractivity contribution in [3.05, 3.63) is 36.2 Å². The van der Waals surface area contributed by atoms with E-state index < -0.39 is 0 Å². The van der Waals surface area contributed by atoms with Crippen LogP contribution in [-0.4, -0.2) is 61.2 Å². The maximum atomic E-state index is 4.46. The summed E-state index contributed by atoms with van der Waals surface area (Å²) >= 11 is 0. The Kier molecular flexibility index (Phi) is 5.93. The van der Waals surface area contributed by atoms with E-state index in [0.717, 1.165) is 56.6 Å². The molecule has 0 amide bonds. The molecule has 140 valence electrons. The van der Waals surface area contributed by atoms with Crippen LogP contribution in [0, 0.1) is 6.92 Å². The van der Waals surface area contributed by atoms with Gasteiger partial charge < -0.3 is 20.0 Å². The summed E-state index contributed by atoms with van der Waals surface area (Å²) in [6, 6.07) is 8.59. The van der Waals surface area contributed by atoms with Gasteiger partial charge in [-0.05, 0) is 51.6 Å². The molecule has 3 rings (SSSR count). The highest BCUT2D eigenvalue weighted by atomic mass is 15.3. The van der Waals surface area contributed by atoms with E-state index in [1.54, 1.807) is 6.33 Å². The standard InChI is InChI=1S/C20H30N6/c1-5-25(6-2)17-7-8-18(16(3)13-17)23-19-14-20(22-15-21-19)26-11-9-24(4)10-12-26/h7-8,13-15H,5-6,9-12H2,1-4H3,(H,21,22,23). The highest BCUT2D eigenvalue weighted by Gasteiger charge is 2.16. The first kappa shape index (κ1) is 18.5. The third-order valence-electron chi connectivity index (χ3n) is 5.08. The molecular formula is C20H30N6. The summed E-state index contributed by atoms with van der Waals surface area (Å²) < 4.78 is 0. The maximum absolute atomic E-state index is 4.46. The lowest BCUT2D eigenvalue weighted by atomic mass is 10.1. The number of nitrogens with one attached hydrogen (secondary N) is 1. The van der Waals surface area contributed by atoms with Gasteiger partial charge >= 0.3 is 0 Å². The molecule has 1 aliphatic rings. The molecule has 6 nitrogen and oxygen atoms in total. The van der Waals surface area contributed by atoms with Crippen LogP contribution in [0.3, 0.4) is 0 Å². The predicted octanol–water partition coefficient (Wildman–Crippen LogP) is 3.13. The van der Waals surface area contributed by atoms with Gasteiger partial charge in [0.1, 0.15) is 18.0 Å². The molecule has 1 aromatic heterocycles. The fourth-order valence-electron chi connectivity index (χ4n) is 3.34. The minimum atomic E-state index is 0.840. The Balaban J connectivity index is 1.74. The van der Waals surface area contributed by atoms with Crippen LogP contribution in [0.5, 0.6) is 0 Å². The molecule has 1 aromatic carbocycles. The van der Waals surface area contributed by atoms with E-state index in [4.69, 9.17) is 0 Å². The lowest BCUT2D eigenvalue weighted by Gasteiger charge is -2.33. The molecule has 2 heterocycles. The van der Waals surface area contributed by atoms with Crippen molar-refractivity contribution in [3.8, 4) is 0 Å². The van der Waals surface area contributed by atoms with Crippen LogP contribution in [0.2, 0.25) is 0 Å². The highest BCUT2D eigenvalue weighted by Crippen LogP contribution is 2.26. The minimum Gasteiger partial charge on any atom is -0.372 e. The fraction of sp³-hybridized carbons (Fsp3) is 0.500. The summed E-state index contributed by atoms with van der Waals surface area (Å²) in [5, 5.41) is 3.46. The number of hydrogen-bond donors (Lipinski definition) is 1. The van der Waals surface area contributed by atoms with Crippen molar-refractivity contribution in [1.82, 2.24) is 14.9 Å². The molecular weight excluding hydrogens is 324 g/mol. The molecule has 0 atom stereocenters. The van der Waals surface area contributed by atoms with Crippen LogP contribution in [0.15, 0.2) is 30.6 Å². The van der Waals surface area contributed by atoms with Crippen molar-refractivity contribution < 1.29 is 0 Å². The van der Waals surface area contributed by atoms with Gasteiger partial charge in [0.15, 0.2) is 0 Å². The number of likely N-dealkylation sites (N-methyl/N-ethyl adjacent to an activating group) is 1. The summed E-state index contributed by atoms with van der Waals surface area (Å²) in [7, 11) is 2.16. The van der Waals surface area contributed by atoms with E-state index >= 15 is 0 Å². The van der Waals surface area contributed by atoms with Crippen LogP contribution >= 0.6 is 0 Å². The normalized spacial score (nSPS) is 15.2. The Bertz CT molecular complexity index is 720. The first-order chi connectivity index (χ1) is 12.6. The lowest BCUT2D eigenvalue weighted by molar-refractivity contribution is 0.312. The molecule has 1 aliphatic heterocycles. The topological polar surface area (TPSA) is 47.5 Å². The van der Waals surface area contributed by atoms with E-state index in [1.165, 1.54) is 11.3 Å². The highest BCUT2D eigenvalue weighted by molar-refractivity contribution is 5.66. The summed E-state index contributed by atoms with van der Waals surface area (Å²) in [5.41, 5.74) is 3.57. The predicted molar refractivity (Wildman–Crippen MR) is 110 cm³/mol. The van der Waals surface area contributed by atoms with Gasteiger partial charge in [-0.25, -0.2) is 9.97 Å². The summed E-state index contributed by atoms with van der Waals surface area (Å²) in [4.78, 5) is 15.9. The average Bonchev–Trinajstić information content (AvgIpc) is 2.66. The molecule has 0 bridgehead atoms. The van der Waals surface area contributed by atoms with Gasteiger partial charge in [-0.15, -0.1) is 0 Å². The van der Waals surface area contributed by atoms with Crippen molar-refractivity contribution in [3.63, 3.8) is 0 Å². The Morgan fingerprint density at radius 2 is 1.77 bits per heavy atom. The van der Waals surface area contributed by atoms with Crippen LogP contribution in [0.25, 0.3) is 0 Å². The molecule has 0 radical (unpaired) electrons. The van der Waals surface area contributed by atoms with Crippen molar-refractivity contribution in [2.24, 2.45) is 0 Å². The van der Waals surface area contributed by atoms with Gasteiger partial charge in [-0.1, -0.05) is 0 Å². The van der Waals surface area contributed by atoms with E-state index in [1.807, 2.05) is 6.07 Å². The van der Waals surface area contributed by atoms with E-state index in [9.17, 15) is 0 Å². The zero-order valence-corrected chi connectivity index (χ0v) is 16.4. The van der Waals surface area contributed by atoms with Gasteiger partial charge in [-0.2, -0.15) is 0 Å². The van der Waals surface area contributed by atoms with E-state index in [0.29, 0.717) is 0 Å². The average molecular weight is 355 g/mol. The van der Waals surface area contributed by atoms with Gasteiger partial charge in [-0.3, -0.25) is 0 Å². The van der Waals surface area contributed by atoms with Crippen LogP contribution in [0.1, 0.15) is 19.4 Å². The first-order valence-corrected chi connectivity index (χ1v) is 9.49. The monoisotopic (exact) mass is 354 g/mol. The zero-order valence-electron chi connectivity index (χ0n) is 16.4. The Labute approximate surface area is 156 Å². The van der Waals surface area contributed by atoms with Gasteiger partial charge in [0, 0.05) is 56.7 Å². The second kappa shape index (κ2) is 8.36. The molecule has 6 heteroatoms. The van der Waals surface area contributed by atoms with Gasteiger partial charge in [0.05, 0.1) is 0 Å². The summed E-state index contributed by atoms with van der Waals surface area (Å²) in [6.07, 6.45) is 1.65. The van der Waals surface area contributed by atoms with Crippen LogP contribution < -0.4 is 15.1 Å². The Hall–Kier alpha value is -2.34. The number of aromatic nitrogens is 2. The number of piperazine rings is 1. The van der Waals surface area contributed by atoms with Crippen molar-refractivity contribution >= 4 is 23.0 Å². The lowest BCUT2D eigenvalue weighted by Crippen LogP contribution is -2.44. The van der Waals surface area contributed by atoms with Crippen molar-refractivity contribution in [1.29, 1.82) is 0 Å². The van der Waals surface area contributed by atoms with Crippen LogP contribution in [0.4, 0.5) is 23.0 Å². The quantitative estimate of drug-likeness (QED) is 0.860. The second-order valence-electron chi connectivity index (χ2n) is 6.85. The van der Waals surface area contributed by atoms with E-state index in [-0.39, 0.29) is 0 Å². The molecule has 0 aliphatic carbocycles. The van der Waals surface area contributed by atoms with Gasteiger partial charge in [0.2, 0.25) is 0 Å². The maximum Gasteiger partial charge on any atom is 0.135 e. The summed E-state index contributed by atoms with van der Waals surface area (Å²) in [5.74, 6) is 1.83. The third-order valence-corrected chi connectivity index (χ3v) is 5.08. The smallest absolute Gasteiger partial charge is 0.135 e. The second-order valence-corrected chi connectivity index (χ2v) is 6.85. The first-order valence-electron chi connectivity index (χ1n) is 9.49. The minimum absolute atomic E-state index is 0.840. The zero-order chi connectivity index (χ0) is 18.5. The Morgan fingerprint density at radius 3 is 2.42 bits per heavy atom. The number of rotatable bonds is 6. The molecule has 26 heavy (non-hydrogen) atoms. The molecule has 0 spiro atoms. The van der Waals surface area contributed by atoms with E-state index in [2.05, 4.69) is 76.0 Å². The number of hydrogen-bond acceptors (Lipinski definition) is 6. The number of nitrogens with zero attached hydrogens (tertiary/aromatic N) is 5. The summed E-state index contributed by atoms with van der Waals surface area (Å²) in [6.45, 7) is 12.7. The molecule has 0 saturated carbocycles. The van der Waals surface area contributed by atoms with Gasteiger partial charge in [0.25, 0.3) is 0 Å². The van der Waals surface area contributed by atoms with Crippen molar-refractivity contribution in [2.75, 3.05) is 61.4 Å². The SMILES string of the molecule is CCN(CC)c1ccc(Nc2cc(N3CCN(C)CC3)ncn2)c(C)c1. The van der Waals surface area contributed by atoms with Crippen LogP contribution in [-0.2, 0) is 0 Å². The number of benzene rings is 1. The number of anilines is 4. The molecule has 1 saturated heterocycles. The third kappa shape index (κ3) is 4.25. The Morgan fingerprint density at radius 1 is 1.04 bits per heavy atom.